The van der Waals surface area contributed by atoms with Crippen LogP contribution in [0.4, 0.5) is 5.69 Å². The molecule has 5 nitrogen and oxygen atoms in total. The highest BCUT2D eigenvalue weighted by molar-refractivity contribution is 5.95. The molecule has 1 aromatic carbocycles. The lowest BCUT2D eigenvalue weighted by molar-refractivity contribution is -0.115. The fourth-order valence-corrected chi connectivity index (χ4v) is 2.02. The van der Waals surface area contributed by atoms with Gasteiger partial charge in [-0.2, -0.15) is 0 Å². The van der Waals surface area contributed by atoms with Crippen LogP contribution < -0.4 is 16.0 Å². The van der Waals surface area contributed by atoms with Crippen molar-refractivity contribution in [1.29, 1.82) is 0 Å². The molecule has 0 aliphatic heterocycles. The molecule has 0 bridgehead atoms. The molecule has 0 spiro atoms. The van der Waals surface area contributed by atoms with Gasteiger partial charge in [0.25, 0.3) is 0 Å². The first-order chi connectivity index (χ1) is 10.2. The summed E-state index contributed by atoms with van der Waals surface area (Å²) >= 11 is 0. The number of anilines is 1. The van der Waals surface area contributed by atoms with Crippen LogP contribution in [0.2, 0.25) is 0 Å². The van der Waals surface area contributed by atoms with Gasteiger partial charge in [0.15, 0.2) is 5.96 Å². The molecule has 1 saturated carbocycles. The van der Waals surface area contributed by atoms with Crippen LogP contribution in [-0.2, 0) is 11.2 Å². The number of carbonyl (C=O) groups excluding carboxylic acids is 1. The SMILES string of the molecule is CCc1cccc(NC(=O)CNC(=NC)NCC2CC2)c1. The number of hydrogen-bond donors (Lipinski definition) is 3. The second kappa shape index (κ2) is 7.67. The van der Waals surface area contributed by atoms with Gasteiger partial charge in [-0.3, -0.25) is 9.79 Å². The standard InChI is InChI=1S/C16H24N4O/c1-3-12-5-4-6-14(9-12)20-15(21)11-19-16(17-2)18-10-13-7-8-13/h4-6,9,13H,3,7-8,10-11H2,1-2H3,(H,20,21)(H2,17,18,19). The van der Waals surface area contributed by atoms with E-state index in [2.05, 4.69) is 33.9 Å². The van der Waals surface area contributed by atoms with Crippen LogP contribution in [0.15, 0.2) is 29.3 Å². The van der Waals surface area contributed by atoms with Crippen molar-refractivity contribution in [1.82, 2.24) is 10.6 Å². The maximum atomic E-state index is 11.9. The lowest BCUT2D eigenvalue weighted by Crippen LogP contribution is -2.42. The molecule has 1 amide bonds. The Balaban J connectivity index is 1.74. The van der Waals surface area contributed by atoms with E-state index in [1.54, 1.807) is 7.05 Å². The van der Waals surface area contributed by atoms with Gasteiger partial charge in [-0.05, 0) is 42.9 Å². The van der Waals surface area contributed by atoms with E-state index in [9.17, 15) is 4.79 Å². The lowest BCUT2D eigenvalue weighted by Gasteiger charge is -2.12. The first-order valence-corrected chi connectivity index (χ1v) is 7.54. The second-order valence-corrected chi connectivity index (χ2v) is 5.35. The fourth-order valence-electron chi connectivity index (χ4n) is 2.02. The van der Waals surface area contributed by atoms with Crippen LogP contribution in [0.3, 0.4) is 0 Å². The number of carbonyl (C=O) groups is 1. The van der Waals surface area contributed by atoms with Gasteiger partial charge in [0.2, 0.25) is 5.91 Å². The molecule has 1 aliphatic carbocycles. The molecule has 0 radical (unpaired) electrons. The number of nitrogens with zero attached hydrogens (tertiary/aromatic N) is 1. The number of nitrogens with one attached hydrogen (secondary N) is 3. The van der Waals surface area contributed by atoms with E-state index >= 15 is 0 Å². The third-order valence-electron chi connectivity index (χ3n) is 3.51. The highest BCUT2D eigenvalue weighted by atomic mass is 16.1. The Bertz CT molecular complexity index is 509. The number of amides is 1. The summed E-state index contributed by atoms with van der Waals surface area (Å²) in [6.07, 6.45) is 3.54. The summed E-state index contributed by atoms with van der Waals surface area (Å²) < 4.78 is 0. The minimum absolute atomic E-state index is 0.0716. The van der Waals surface area contributed by atoms with Gasteiger partial charge in [0, 0.05) is 19.3 Å². The highest BCUT2D eigenvalue weighted by Gasteiger charge is 2.21. The average Bonchev–Trinajstić information content (AvgIpc) is 3.32. The predicted octanol–water partition coefficient (Wildman–Crippen LogP) is 1.76. The minimum atomic E-state index is -0.0716. The molecule has 0 heterocycles. The summed E-state index contributed by atoms with van der Waals surface area (Å²) in [5, 5.41) is 9.14. The lowest BCUT2D eigenvalue weighted by atomic mass is 10.1. The van der Waals surface area contributed by atoms with Gasteiger partial charge in [-0.1, -0.05) is 19.1 Å². The van der Waals surface area contributed by atoms with Crippen molar-refractivity contribution in [3.05, 3.63) is 29.8 Å². The fraction of sp³-hybridized carbons (Fsp3) is 0.500. The first kappa shape index (κ1) is 15.4. The molecule has 0 unspecified atom stereocenters. The number of aryl methyl sites for hydroxylation is 1. The normalized spacial score (nSPS) is 14.7. The average molecular weight is 288 g/mol. The number of hydrogen-bond acceptors (Lipinski definition) is 2. The largest absolute Gasteiger partial charge is 0.356 e. The molecule has 5 heteroatoms. The third-order valence-corrected chi connectivity index (χ3v) is 3.51. The minimum Gasteiger partial charge on any atom is -0.356 e. The number of benzene rings is 1. The van der Waals surface area contributed by atoms with E-state index in [0.717, 1.165) is 24.6 Å². The van der Waals surface area contributed by atoms with Crippen LogP contribution in [0.25, 0.3) is 0 Å². The van der Waals surface area contributed by atoms with Crippen LogP contribution in [0.5, 0.6) is 0 Å². The summed E-state index contributed by atoms with van der Waals surface area (Å²) in [6, 6.07) is 7.91. The summed E-state index contributed by atoms with van der Waals surface area (Å²) in [5.41, 5.74) is 2.05. The van der Waals surface area contributed by atoms with Crippen molar-refractivity contribution in [2.75, 3.05) is 25.5 Å². The van der Waals surface area contributed by atoms with Gasteiger partial charge >= 0.3 is 0 Å². The topological polar surface area (TPSA) is 65.5 Å². The van der Waals surface area contributed by atoms with E-state index in [0.29, 0.717) is 5.96 Å². The van der Waals surface area contributed by atoms with E-state index in [1.807, 2.05) is 18.2 Å². The van der Waals surface area contributed by atoms with Gasteiger partial charge in [-0.25, -0.2) is 0 Å². The van der Waals surface area contributed by atoms with Crippen molar-refractivity contribution in [2.45, 2.75) is 26.2 Å². The number of guanidine groups is 1. The maximum absolute atomic E-state index is 11.9. The Labute approximate surface area is 126 Å². The zero-order valence-corrected chi connectivity index (χ0v) is 12.8. The van der Waals surface area contributed by atoms with E-state index in [1.165, 1.54) is 18.4 Å². The van der Waals surface area contributed by atoms with E-state index in [-0.39, 0.29) is 12.5 Å². The molecule has 1 aromatic rings. The highest BCUT2D eigenvalue weighted by Crippen LogP contribution is 2.27. The van der Waals surface area contributed by atoms with Crippen LogP contribution in [0.1, 0.15) is 25.3 Å². The summed E-state index contributed by atoms with van der Waals surface area (Å²) in [7, 11) is 1.71. The molecule has 1 aliphatic rings. The summed E-state index contributed by atoms with van der Waals surface area (Å²) in [5.74, 6) is 1.38. The molecule has 114 valence electrons. The molecule has 1 fully saturated rings. The third kappa shape index (κ3) is 5.45. The van der Waals surface area contributed by atoms with Crippen LogP contribution in [-0.4, -0.2) is 32.0 Å². The molecule has 0 aromatic heterocycles. The summed E-state index contributed by atoms with van der Waals surface area (Å²) in [4.78, 5) is 16.0. The Morgan fingerprint density at radius 1 is 1.33 bits per heavy atom. The number of rotatable bonds is 6. The van der Waals surface area contributed by atoms with Crippen molar-refractivity contribution in [3.8, 4) is 0 Å². The predicted molar refractivity (Wildman–Crippen MR) is 86.5 cm³/mol. The van der Waals surface area contributed by atoms with Crippen molar-refractivity contribution < 1.29 is 4.79 Å². The van der Waals surface area contributed by atoms with Crippen molar-refractivity contribution >= 4 is 17.6 Å². The van der Waals surface area contributed by atoms with E-state index < -0.39 is 0 Å². The van der Waals surface area contributed by atoms with Crippen LogP contribution >= 0.6 is 0 Å². The zero-order valence-electron chi connectivity index (χ0n) is 12.8. The Kier molecular flexibility index (Phi) is 5.60. The van der Waals surface area contributed by atoms with Gasteiger partial charge in [0.1, 0.15) is 0 Å². The van der Waals surface area contributed by atoms with Crippen molar-refractivity contribution in [2.24, 2.45) is 10.9 Å². The van der Waals surface area contributed by atoms with Gasteiger partial charge in [-0.15, -0.1) is 0 Å². The molecule has 0 saturated heterocycles. The monoisotopic (exact) mass is 288 g/mol. The zero-order chi connectivity index (χ0) is 15.1. The van der Waals surface area contributed by atoms with Crippen LogP contribution in [0, 0.1) is 5.92 Å². The summed E-state index contributed by atoms with van der Waals surface area (Å²) in [6.45, 7) is 3.23. The van der Waals surface area contributed by atoms with Gasteiger partial charge in [0.05, 0.1) is 6.54 Å². The Morgan fingerprint density at radius 2 is 2.14 bits per heavy atom. The smallest absolute Gasteiger partial charge is 0.243 e. The number of aliphatic imine (C=N–C) groups is 1. The Hall–Kier alpha value is -2.04. The maximum Gasteiger partial charge on any atom is 0.243 e. The van der Waals surface area contributed by atoms with E-state index in [4.69, 9.17) is 0 Å². The first-order valence-electron chi connectivity index (χ1n) is 7.54. The molecular formula is C16H24N4O. The molecule has 0 atom stereocenters. The van der Waals surface area contributed by atoms with Gasteiger partial charge < -0.3 is 16.0 Å². The molecule has 3 N–H and O–H groups in total. The second-order valence-electron chi connectivity index (χ2n) is 5.35. The molecular weight excluding hydrogens is 264 g/mol. The molecule has 2 rings (SSSR count). The Morgan fingerprint density at radius 3 is 2.81 bits per heavy atom. The van der Waals surface area contributed by atoms with Crippen molar-refractivity contribution in [3.63, 3.8) is 0 Å². The quantitative estimate of drug-likeness (QED) is 0.552. The molecule has 21 heavy (non-hydrogen) atoms.